The van der Waals surface area contributed by atoms with E-state index in [4.69, 9.17) is 0 Å². The van der Waals surface area contributed by atoms with Gasteiger partial charge in [0.25, 0.3) is 0 Å². The van der Waals surface area contributed by atoms with E-state index in [9.17, 15) is 0 Å². The van der Waals surface area contributed by atoms with Crippen LogP contribution in [-0.4, -0.2) is 13.6 Å². The molecule has 0 saturated carbocycles. The van der Waals surface area contributed by atoms with Crippen LogP contribution in [0.3, 0.4) is 0 Å². The minimum absolute atomic E-state index is 0.371. The Morgan fingerprint density at radius 1 is 1.50 bits per heavy atom. The molecule has 1 aromatic heterocycles. The molecule has 2 heteroatoms. The van der Waals surface area contributed by atoms with Crippen molar-refractivity contribution in [2.45, 2.75) is 27.2 Å². The molecule has 0 saturated heterocycles. The molecule has 0 bridgehead atoms. The Kier molecular flexibility index (Phi) is 4.14. The largest absolute Gasteiger partial charge is 0.319 e. The molecular formula is C12H21NS. The standard InChI is InChI=1S/C12H21NS/c1-10(2)12(3,9-13-4)7-11-5-6-14-8-11/h5-6,8,10,13H,7,9H2,1-4H3. The van der Waals surface area contributed by atoms with Gasteiger partial charge in [-0.2, -0.15) is 11.3 Å². The van der Waals surface area contributed by atoms with E-state index in [0.717, 1.165) is 6.54 Å². The van der Waals surface area contributed by atoms with Crippen molar-refractivity contribution in [2.24, 2.45) is 11.3 Å². The van der Waals surface area contributed by atoms with Crippen LogP contribution in [-0.2, 0) is 6.42 Å². The lowest BCUT2D eigenvalue weighted by Crippen LogP contribution is -2.36. The average Bonchev–Trinajstić information content (AvgIpc) is 2.56. The van der Waals surface area contributed by atoms with Crippen molar-refractivity contribution in [1.82, 2.24) is 5.32 Å². The van der Waals surface area contributed by atoms with Crippen LogP contribution in [0.1, 0.15) is 26.3 Å². The van der Waals surface area contributed by atoms with Gasteiger partial charge >= 0.3 is 0 Å². The number of hydrogen-bond acceptors (Lipinski definition) is 2. The summed E-state index contributed by atoms with van der Waals surface area (Å²) in [6.45, 7) is 8.07. The second-order valence-electron chi connectivity index (χ2n) is 4.65. The number of nitrogens with one attached hydrogen (secondary N) is 1. The highest BCUT2D eigenvalue weighted by molar-refractivity contribution is 7.07. The molecule has 0 spiro atoms. The Labute approximate surface area is 91.5 Å². The maximum Gasteiger partial charge on any atom is 0.000780 e. The highest BCUT2D eigenvalue weighted by atomic mass is 32.1. The van der Waals surface area contributed by atoms with Gasteiger partial charge in [0.15, 0.2) is 0 Å². The lowest BCUT2D eigenvalue weighted by Gasteiger charge is -2.33. The van der Waals surface area contributed by atoms with Gasteiger partial charge in [-0.3, -0.25) is 0 Å². The lowest BCUT2D eigenvalue weighted by molar-refractivity contribution is 0.212. The topological polar surface area (TPSA) is 12.0 Å². The summed E-state index contributed by atoms with van der Waals surface area (Å²) in [5.41, 5.74) is 1.84. The van der Waals surface area contributed by atoms with E-state index >= 15 is 0 Å². The van der Waals surface area contributed by atoms with E-state index in [-0.39, 0.29) is 0 Å². The quantitative estimate of drug-likeness (QED) is 0.789. The van der Waals surface area contributed by atoms with Crippen LogP contribution in [0.5, 0.6) is 0 Å². The molecule has 1 rings (SSSR count). The summed E-state index contributed by atoms with van der Waals surface area (Å²) >= 11 is 1.79. The van der Waals surface area contributed by atoms with E-state index in [1.165, 1.54) is 12.0 Å². The maximum atomic E-state index is 3.31. The second-order valence-corrected chi connectivity index (χ2v) is 5.43. The Morgan fingerprint density at radius 3 is 2.64 bits per heavy atom. The SMILES string of the molecule is CNCC(C)(Cc1ccsc1)C(C)C. The van der Waals surface area contributed by atoms with Gasteiger partial charge < -0.3 is 5.32 Å². The molecule has 1 N–H and O–H groups in total. The van der Waals surface area contributed by atoms with Gasteiger partial charge in [-0.15, -0.1) is 0 Å². The Balaban J connectivity index is 2.69. The Morgan fingerprint density at radius 2 is 2.21 bits per heavy atom. The first-order valence-corrected chi connectivity index (χ1v) is 6.18. The summed E-state index contributed by atoms with van der Waals surface area (Å²) in [6, 6.07) is 2.24. The molecular weight excluding hydrogens is 190 g/mol. The monoisotopic (exact) mass is 211 g/mol. The minimum atomic E-state index is 0.371. The molecule has 1 heterocycles. The van der Waals surface area contributed by atoms with Crippen molar-refractivity contribution in [2.75, 3.05) is 13.6 Å². The smallest absolute Gasteiger partial charge is 0.000780 e. The summed E-state index contributed by atoms with van der Waals surface area (Å²) in [6.07, 6.45) is 1.18. The number of thiophene rings is 1. The lowest BCUT2D eigenvalue weighted by atomic mass is 9.75. The highest BCUT2D eigenvalue weighted by Gasteiger charge is 2.27. The van der Waals surface area contributed by atoms with Gasteiger partial charge in [-0.25, -0.2) is 0 Å². The third-order valence-electron chi connectivity index (χ3n) is 3.16. The fourth-order valence-corrected chi connectivity index (χ4v) is 2.40. The van der Waals surface area contributed by atoms with Gasteiger partial charge in [0, 0.05) is 6.54 Å². The summed E-state index contributed by atoms with van der Waals surface area (Å²) in [5.74, 6) is 0.704. The zero-order valence-corrected chi connectivity index (χ0v) is 10.4. The van der Waals surface area contributed by atoms with Crippen LogP contribution >= 0.6 is 11.3 Å². The minimum Gasteiger partial charge on any atom is -0.319 e. The fourth-order valence-electron chi connectivity index (χ4n) is 1.73. The van der Waals surface area contributed by atoms with Gasteiger partial charge in [-0.05, 0) is 47.2 Å². The highest BCUT2D eigenvalue weighted by Crippen LogP contribution is 2.31. The van der Waals surface area contributed by atoms with Crippen LogP contribution in [0.25, 0.3) is 0 Å². The van der Waals surface area contributed by atoms with Crippen LogP contribution in [0.2, 0.25) is 0 Å². The molecule has 14 heavy (non-hydrogen) atoms. The molecule has 0 aliphatic rings. The average molecular weight is 211 g/mol. The van der Waals surface area contributed by atoms with Crippen molar-refractivity contribution < 1.29 is 0 Å². The predicted octanol–water partition coefficient (Wildman–Crippen LogP) is 3.17. The third-order valence-corrected chi connectivity index (χ3v) is 3.89. The maximum absolute atomic E-state index is 3.31. The van der Waals surface area contributed by atoms with Gasteiger partial charge in [0.1, 0.15) is 0 Å². The van der Waals surface area contributed by atoms with Crippen molar-refractivity contribution in [3.63, 3.8) is 0 Å². The summed E-state index contributed by atoms with van der Waals surface area (Å²) in [7, 11) is 2.04. The molecule has 0 amide bonds. The molecule has 1 atom stereocenters. The molecule has 0 fully saturated rings. The van der Waals surface area contributed by atoms with E-state index in [0.29, 0.717) is 11.3 Å². The summed E-state index contributed by atoms with van der Waals surface area (Å²) < 4.78 is 0. The number of hydrogen-bond donors (Lipinski definition) is 1. The first-order chi connectivity index (χ1) is 6.58. The van der Waals surface area contributed by atoms with Crippen molar-refractivity contribution in [1.29, 1.82) is 0 Å². The summed E-state index contributed by atoms with van der Waals surface area (Å²) in [4.78, 5) is 0. The van der Waals surface area contributed by atoms with Gasteiger partial charge in [0.2, 0.25) is 0 Å². The zero-order chi connectivity index (χ0) is 10.6. The van der Waals surface area contributed by atoms with Crippen molar-refractivity contribution in [3.05, 3.63) is 22.4 Å². The number of rotatable bonds is 5. The predicted molar refractivity (Wildman–Crippen MR) is 64.9 cm³/mol. The molecule has 1 nitrogen and oxygen atoms in total. The van der Waals surface area contributed by atoms with Crippen molar-refractivity contribution in [3.8, 4) is 0 Å². The van der Waals surface area contributed by atoms with E-state index in [2.05, 4.69) is 42.9 Å². The van der Waals surface area contributed by atoms with E-state index < -0.39 is 0 Å². The Bertz CT molecular complexity index is 253. The van der Waals surface area contributed by atoms with Crippen LogP contribution in [0.15, 0.2) is 16.8 Å². The van der Waals surface area contributed by atoms with Gasteiger partial charge in [0.05, 0.1) is 0 Å². The summed E-state index contributed by atoms with van der Waals surface area (Å²) in [5, 5.41) is 7.73. The van der Waals surface area contributed by atoms with Crippen LogP contribution < -0.4 is 5.32 Å². The van der Waals surface area contributed by atoms with Crippen LogP contribution in [0, 0.1) is 11.3 Å². The normalized spacial score (nSPS) is 15.8. The molecule has 0 aliphatic heterocycles. The molecule has 0 aromatic carbocycles. The third kappa shape index (κ3) is 2.82. The van der Waals surface area contributed by atoms with Crippen molar-refractivity contribution >= 4 is 11.3 Å². The second kappa shape index (κ2) is 4.94. The first-order valence-electron chi connectivity index (χ1n) is 5.24. The molecule has 0 radical (unpaired) electrons. The van der Waals surface area contributed by atoms with E-state index in [1.807, 2.05) is 7.05 Å². The molecule has 1 unspecified atom stereocenters. The van der Waals surface area contributed by atoms with Gasteiger partial charge in [-0.1, -0.05) is 20.8 Å². The van der Waals surface area contributed by atoms with Crippen LogP contribution in [0.4, 0.5) is 0 Å². The zero-order valence-electron chi connectivity index (χ0n) is 9.63. The fraction of sp³-hybridized carbons (Fsp3) is 0.667. The van der Waals surface area contributed by atoms with E-state index in [1.54, 1.807) is 11.3 Å². The Hall–Kier alpha value is -0.340. The molecule has 1 aromatic rings. The first kappa shape index (κ1) is 11.7. The molecule has 80 valence electrons. The molecule has 0 aliphatic carbocycles.